The normalized spacial score (nSPS) is 11.7. The fourth-order valence-electron chi connectivity index (χ4n) is 2.57. The number of nitrogens with one attached hydrogen (secondary N) is 2. The molecule has 0 unspecified atom stereocenters. The zero-order chi connectivity index (χ0) is 19.1. The van der Waals surface area contributed by atoms with Gasteiger partial charge in [-0.15, -0.1) is 0 Å². The summed E-state index contributed by atoms with van der Waals surface area (Å²) in [6.07, 6.45) is -4.44. The van der Waals surface area contributed by atoms with Gasteiger partial charge in [0.25, 0.3) is 5.56 Å². The number of anilines is 1. The van der Waals surface area contributed by atoms with Crippen molar-refractivity contribution in [3.63, 3.8) is 0 Å². The molecule has 0 aromatic heterocycles. The number of aryl methyl sites for hydroxylation is 2. The van der Waals surface area contributed by atoms with Crippen LogP contribution in [0.4, 0.5) is 18.9 Å². The minimum absolute atomic E-state index is 0.193. The van der Waals surface area contributed by atoms with E-state index >= 15 is 0 Å². The van der Waals surface area contributed by atoms with Gasteiger partial charge in [-0.3, -0.25) is 14.3 Å². The number of amides is 1. The average Bonchev–Trinajstić information content (AvgIpc) is 2.82. The lowest BCUT2D eigenvalue weighted by atomic mass is 10.2. The molecule has 0 atom stereocenters. The quantitative estimate of drug-likeness (QED) is 0.745. The summed E-state index contributed by atoms with van der Waals surface area (Å²) in [4.78, 5) is 32.1. The molecule has 0 aliphatic carbocycles. The number of halogens is 3. The van der Waals surface area contributed by atoms with E-state index in [2.05, 4.69) is 20.4 Å². The van der Waals surface area contributed by atoms with Crippen molar-refractivity contribution in [3.8, 4) is 11.4 Å². The van der Waals surface area contributed by atoms with Gasteiger partial charge in [0.15, 0.2) is 5.82 Å². The molecule has 26 heavy (non-hydrogen) atoms. The number of fused-ring (bicyclic) bond motifs is 1. The van der Waals surface area contributed by atoms with Gasteiger partial charge in [0.1, 0.15) is 17.9 Å². The molecule has 2 aliphatic rings. The number of carbonyl (C=O) groups excluding carboxylic acids is 1. The Bertz CT molecular complexity index is 989. The second-order valence-electron chi connectivity index (χ2n) is 5.72. The Kier molecular flexibility index (Phi) is 4.26. The first kappa shape index (κ1) is 17.6. The van der Waals surface area contributed by atoms with E-state index in [1.165, 1.54) is 16.8 Å². The fraction of sp³-hybridized carbons (Fsp3) is 0.250. The van der Waals surface area contributed by atoms with Crippen LogP contribution in [0.25, 0.3) is 11.4 Å². The molecule has 1 aromatic carbocycles. The van der Waals surface area contributed by atoms with Gasteiger partial charge in [0, 0.05) is 11.4 Å². The van der Waals surface area contributed by atoms with Crippen molar-refractivity contribution >= 4 is 11.6 Å². The predicted octanol–water partition coefficient (Wildman–Crippen LogP) is 2.35. The maximum Gasteiger partial charge on any atom is 0.416 e. The van der Waals surface area contributed by atoms with Crippen LogP contribution in [-0.4, -0.2) is 25.7 Å². The minimum Gasteiger partial charge on any atom is -0.324 e. The van der Waals surface area contributed by atoms with E-state index in [1.807, 2.05) is 0 Å². The summed E-state index contributed by atoms with van der Waals surface area (Å²) < 4.78 is 39.0. The molecule has 0 radical (unpaired) electrons. The molecule has 2 heterocycles. The highest BCUT2D eigenvalue weighted by atomic mass is 19.4. The largest absolute Gasteiger partial charge is 0.416 e. The highest BCUT2D eigenvalue weighted by molar-refractivity contribution is 5.90. The molecular formula is C16H14F3N5O2. The van der Waals surface area contributed by atoms with E-state index in [4.69, 9.17) is 0 Å². The maximum atomic E-state index is 12.6. The second-order valence-corrected chi connectivity index (χ2v) is 5.72. The van der Waals surface area contributed by atoms with Crippen molar-refractivity contribution in [2.24, 2.45) is 0 Å². The number of aromatic amines is 1. The van der Waals surface area contributed by atoms with E-state index in [0.717, 1.165) is 12.1 Å². The van der Waals surface area contributed by atoms with Gasteiger partial charge >= 0.3 is 6.18 Å². The monoisotopic (exact) mass is 365 g/mol. The van der Waals surface area contributed by atoms with E-state index < -0.39 is 23.2 Å². The molecule has 0 saturated heterocycles. The fourth-order valence-corrected chi connectivity index (χ4v) is 2.57. The van der Waals surface area contributed by atoms with Crippen LogP contribution in [0, 0.1) is 13.8 Å². The van der Waals surface area contributed by atoms with E-state index in [-0.39, 0.29) is 23.6 Å². The van der Waals surface area contributed by atoms with Gasteiger partial charge < -0.3 is 10.4 Å². The van der Waals surface area contributed by atoms with Gasteiger partial charge in [-0.05, 0) is 38.1 Å². The third-order valence-corrected chi connectivity index (χ3v) is 3.70. The van der Waals surface area contributed by atoms with Gasteiger partial charge in [-0.1, -0.05) is 0 Å². The number of nitrogens with zero attached hydrogens (tertiary/aromatic N) is 3. The van der Waals surface area contributed by atoms with Gasteiger partial charge in [0.2, 0.25) is 5.91 Å². The van der Waals surface area contributed by atoms with Gasteiger partial charge in [-0.2, -0.15) is 18.2 Å². The SMILES string of the molecule is Cc1nc2n(CC(=O)Nc3ccc(C(F)(F)F)cc3)[nH]c(C)c-2c(=O)n1. The smallest absolute Gasteiger partial charge is 0.324 e. The second kappa shape index (κ2) is 6.28. The molecule has 0 saturated carbocycles. The molecule has 2 N–H and O–H groups in total. The summed E-state index contributed by atoms with van der Waals surface area (Å²) in [5.74, 6) is 0.0857. The summed E-state index contributed by atoms with van der Waals surface area (Å²) in [5.41, 5.74) is -0.203. The van der Waals surface area contributed by atoms with Crippen LogP contribution in [-0.2, 0) is 17.5 Å². The Morgan fingerprint density at radius 3 is 2.46 bits per heavy atom. The minimum atomic E-state index is -4.44. The molecule has 1 aromatic rings. The third kappa shape index (κ3) is 3.44. The number of hydrogen-bond donors (Lipinski definition) is 2. The lowest BCUT2D eigenvalue weighted by Crippen LogP contribution is -2.22. The number of carbonyl (C=O) groups is 1. The van der Waals surface area contributed by atoms with E-state index in [0.29, 0.717) is 11.5 Å². The zero-order valence-corrected chi connectivity index (χ0v) is 13.8. The molecule has 2 aliphatic heterocycles. The molecule has 0 fully saturated rings. The molecule has 1 amide bonds. The topological polar surface area (TPSA) is 92.7 Å². The lowest BCUT2D eigenvalue weighted by molar-refractivity contribution is -0.137. The van der Waals surface area contributed by atoms with Crippen LogP contribution < -0.4 is 10.9 Å². The predicted molar refractivity (Wildman–Crippen MR) is 86.8 cm³/mol. The summed E-state index contributed by atoms with van der Waals surface area (Å²) >= 11 is 0. The Balaban J connectivity index is 1.78. The highest BCUT2D eigenvalue weighted by Gasteiger charge is 2.30. The first-order valence-electron chi connectivity index (χ1n) is 7.56. The standard InChI is InChI=1S/C16H14F3N5O2/c1-8-13-14(20-9(2)21-15(13)26)24(23-8)7-12(25)22-11-5-3-10(4-6-11)16(17,18)19/h3-6,23H,7H2,1-2H3,(H,22,25). The van der Waals surface area contributed by atoms with Crippen molar-refractivity contribution in [3.05, 3.63) is 51.7 Å². The van der Waals surface area contributed by atoms with Crippen molar-refractivity contribution in [2.45, 2.75) is 26.6 Å². The van der Waals surface area contributed by atoms with Crippen molar-refractivity contribution in [1.82, 2.24) is 19.7 Å². The summed E-state index contributed by atoms with van der Waals surface area (Å²) in [6.45, 7) is 3.03. The van der Waals surface area contributed by atoms with Crippen LogP contribution in [0.1, 0.15) is 17.1 Å². The number of aromatic nitrogens is 4. The summed E-state index contributed by atoms with van der Waals surface area (Å²) in [6, 6.07) is 4.12. The van der Waals surface area contributed by atoms with Crippen LogP contribution >= 0.6 is 0 Å². The van der Waals surface area contributed by atoms with Crippen LogP contribution in [0.2, 0.25) is 0 Å². The third-order valence-electron chi connectivity index (χ3n) is 3.70. The first-order chi connectivity index (χ1) is 12.1. The summed E-state index contributed by atoms with van der Waals surface area (Å²) in [5, 5.41) is 5.37. The number of H-pyrrole nitrogens is 1. The van der Waals surface area contributed by atoms with Crippen molar-refractivity contribution < 1.29 is 18.0 Å². The van der Waals surface area contributed by atoms with Crippen LogP contribution in [0.5, 0.6) is 0 Å². The Hall–Kier alpha value is -3.17. The van der Waals surface area contributed by atoms with Crippen molar-refractivity contribution in [2.75, 3.05) is 5.32 Å². The number of hydrogen-bond acceptors (Lipinski definition) is 4. The highest BCUT2D eigenvalue weighted by Crippen LogP contribution is 2.29. The lowest BCUT2D eigenvalue weighted by Gasteiger charge is -2.10. The van der Waals surface area contributed by atoms with E-state index in [9.17, 15) is 22.8 Å². The summed E-state index contributed by atoms with van der Waals surface area (Å²) in [7, 11) is 0. The van der Waals surface area contributed by atoms with Crippen LogP contribution in [0.3, 0.4) is 0 Å². The molecule has 136 valence electrons. The Labute approximate surface area is 145 Å². The van der Waals surface area contributed by atoms with Gasteiger partial charge in [-0.25, -0.2) is 4.98 Å². The number of rotatable bonds is 3. The average molecular weight is 365 g/mol. The zero-order valence-electron chi connectivity index (χ0n) is 13.8. The molecule has 0 spiro atoms. The van der Waals surface area contributed by atoms with Crippen molar-refractivity contribution in [1.29, 1.82) is 0 Å². The van der Waals surface area contributed by atoms with Crippen LogP contribution in [0.15, 0.2) is 29.1 Å². The Morgan fingerprint density at radius 2 is 1.85 bits per heavy atom. The van der Waals surface area contributed by atoms with E-state index in [1.54, 1.807) is 13.8 Å². The molecule has 0 bridgehead atoms. The molecule has 3 rings (SSSR count). The molecular weight excluding hydrogens is 351 g/mol. The van der Waals surface area contributed by atoms with Gasteiger partial charge in [0.05, 0.1) is 5.56 Å². The first-order valence-corrected chi connectivity index (χ1v) is 7.56. The number of benzene rings is 1. The number of alkyl halides is 3. The Morgan fingerprint density at radius 1 is 1.19 bits per heavy atom. The maximum absolute atomic E-state index is 12.6. The molecule has 7 nitrogen and oxygen atoms in total. The molecule has 10 heteroatoms.